The standard InChI is InChI=1S/C19H24BrNO3/c1-3-23-18-9-7-15(8-10-18)12-21(2)13-17(22)14-24-19-6-4-5-16(20)11-19/h4-11,17,22H,3,12-14H2,1-2H3/p+1/t17-/m0/s1. The van der Waals surface area contributed by atoms with Gasteiger partial charge in [0.05, 0.1) is 13.7 Å². The minimum absolute atomic E-state index is 0.289. The molecule has 2 atom stereocenters. The zero-order valence-electron chi connectivity index (χ0n) is 14.2. The number of ether oxygens (including phenoxy) is 2. The van der Waals surface area contributed by atoms with E-state index < -0.39 is 6.10 Å². The molecule has 0 aliphatic carbocycles. The lowest BCUT2D eigenvalue weighted by Gasteiger charge is -2.18. The highest BCUT2D eigenvalue weighted by Crippen LogP contribution is 2.17. The first kappa shape index (κ1) is 18.8. The third-order valence-corrected chi connectivity index (χ3v) is 4.06. The van der Waals surface area contributed by atoms with E-state index in [1.807, 2.05) is 43.3 Å². The van der Waals surface area contributed by atoms with E-state index >= 15 is 0 Å². The molecular weight excluding hydrogens is 370 g/mol. The minimum Gasteiger partial charge on any atom is -0.494 e. The van der Waals surface area contributed by atoms with Gasteiger partial charge in [-0.2, -0.15) is 0 Å². The Hall–Kier alpha value is -1.56. The average molecular weight is 395 g/mol. The molecule has 1 unspecified atom stereocenters. The Morgan fingerprint density at radius 1 is 1.08 bits per heavy atom. The Morgan fingerprint density at radius 3 is 2.50 bits per heavy atom. The van der Waals surface area contributed by atoms with Gasteiger partial charge in [0.25, 0.3) is 0 Å². The zero-order chi connectivity index (χ0) is 17.4. The molecule has 5 heteroatoms. The molecule has 0 bridgehead atoms. The van der Waals surface area contributed by atoms with Gasteiger partial charge in [0.2, 0.25) is 0 Å². The maximum absolute atomic E-state index is 10.2. The van der Waals surface area contributed by atoms with Crippen molar-refractivity contribution in [3.63, 3.8) is 0 Å². The lowest BCUT2D eigenvalue weighted by Crippen LogP contribution is -3.09. The fourth-order valence-corrected chi connectivity index (χ4v) is 2.88. The van der Waals surface area contributed by atoms with Crippen molar-refractivity contribution < 1.29 is 19.5 Å². The molecule has 0 aliphatic heterocycles. The van der Waals surface area contributed by atoms with Crippen LogP contribution in [-0.4, -0.2) is 38.0 Å². The number of hydrogen-bond donors (Lipinski definition) is 2. The summed E-state index contributed by atoms with van der Waals surface area (Å²) in [5, 5.41) is 10.2. The van der Waals surface area contributed by atoms with E-state index in [1.54, 1.807) is 0 Å². The fourth-order valence-electron chi connectivity index (χ4n) is 2.50. The maximum atomic E-state index is 10.2. The topological polar surface area (TPSA) is 43.1 Å². The van der Waals surface area contributed by atoms with Crippen molar-refractivity contribution in [2.24, 2.45) is 0 Å². The number of hydrogen-bond acceptors (Lipinski definition) is 3. The smallest absolute Gasteiger partial charge is 0.137 e. The van der Waals surface area contributed by atoms with Gasteiger partial charge < -0.3 is 19.5 Å². The lowest BCUT2D eigenvalue weighted by atomic mass is 10.2. The minimum atomic E-state index is -0.508. The number of rotatable bonds is 9. The Bertz CT molecular complexity index is 618. The number of halogens is 1. The molecule has 2 rings (SSSR count). The van der Waals surface area contributed by atoms with Gasteiger partial charge in [0, 0.05) is 10.0 Å². The monoisotopic (exact) mass is 394 g/mol. The van der Waals surface area contributed by atoms with Crippen LogP contribution in [0.25, 0.3) is 0 Å². The quantitative estimate of drug-likeness (QED) is 0.685. The Morgan fingerprint density at radius 2 is 1.83 bits per heavy atom. The summed E-state index contributed by atoms with van der Waals surface area (Å²) in [7, 11) is 2.07. The van der Waals surface area contributed by atoms with Crippen LogP contribution in [0.5, 0.6) is 11.5 Å². The van der Waals surface area contributed by atoms with Crippen molar-refractivity contribution in [1.82, 2.24) is 0 Å². The van der Waals surface area contributed by atoms with Gasteiger partial charge in [0.15, 0.2) is 0 Å². The van der Waals surface area contributed by atoms with Crippen molar-refractivity contribution >= 4 is 15.9 Å². The predicted octanol–water partition coefficient (Wildman–Crippen LogP) is 2.30. The van der Waals surface area contributed by atoms with Crippen molar-refractivity contribution in [2.75, 3.05) is 26.8 Å². The van der Waals surface area contributed by atoms with Gasteiger partial charge >= 0.3 is 0 Å². The first-order valence-electron chi connectivity index (χ1n) is 8.16. The van der Waals surface area contributed by atoms with Gasteiger partial charge in [-0.1, -0.05) is 22.0 Å². The van der Waals surface area contributed by atoms with Crippen LogP contribution in [0.1, 0.15) is 12.5 Å². The van der Waals surface area contributed by atoms with E-state index in [4.69, 9.17) is 9.47 Å². The predicted molar refractivity (Wildman–Crippen MR) is 98.7 cm³/mol. The molecule has 130 valence electrons. The van der Waals surface area contributed by atoms with Gasteiger partial charge in [-0.15, -0.1) is 0 Å². The summed E-state index contributed by atoms with van der Waals surface area (Å²) < 4.78 is 12.0. The molecular formula is C19H25BrNO3+. The molecule has 24 heavy (non-hydrogen) atoms. The highest BCUT2D eigenvalue weighted by atomic mass is 79.9. The molecule has 0 aliphatic rings. The van der Waals surface area contributed by atoms with Crippen LogP contribution in [0.4, 0.5) is 0 Å². The van der Waals surface area contributed by atoms with E-state index in [2.05, 4.69) is 35.1 Å². The number of aliphatic hydroxyl groups excluding tert-OH is 1. The number of benzene rings is 2. The van der Waals surface area contributed by atoms with Gasteiger partial charge in [-0.05, 0) is 49.4 Å². The van der Waals surface area contributed by atoms with Crippen LogP contribution in [0.2, 0.25) is 0 Å². The van der Waals surface area contributed by atoms with Crippen LogP contribution >= 0.6 is 15.9 Å². The molecule has 2 aromatic rings. The average Bonchev–Trinajstić information content (AvgIpc) is 2.55. The Labute approximate surface area is 152 Å². The van der Waals surface area contributed by atoms with Crippen LogP contribution in [0.15, 0.2) is 53.0 Å². The van der Waals surface area contributed by atoms with E-state index in [1.165, 1.54) is 10.5 Å². The molecule has 0 saturated heterocycles. The van der Waals surface area contributed by atoms with Crippen molar-refractivity contribution in [2.45, 2.75) is 19.6 Å². The molecule has 0 saturated carbocycles. The number of quaternary nitrogens is 1. The summed E-state index contributed by atoms with van der Waals surface area (Å²) in [6.07, 6.45) is -0.508. The van der Waals surface area contributed by atoms with E-state index in [9.17, 15) is 5.11 Å². The first-order valence-corrected chi connectivity index (χ1v) is 8.95. The molecule has 0 spiro atoms. The Balaban J connectivity index is 1.75. The largest absolute Gasteiger partial charge is 0.494 e. The van der Waals surface area contributed by atoms with E-state index in [0.717, 1.165) is 22.5 Å². The number of likely N-dealkylation sites (N-methyl/N-ethyl adjacent to an activating group) is 1. The summed E-state index contributed by atoms with van der Waals surface area (Å²) >= 11 is 3.41. The van der Waals surface area contributed by atoms with Crippen LogP contribution < -0.4 is 14.4 Å². The number of nitrogens with one attached hydrogen (secondary N) is 1. The van der Waals surface area contributed by atoms with Crippen molar-refractivity contribution in [3.05, 3.63) is 58.6 Å². The van der Waals surface area contributed by atoms with Crippen LogP contribution in [0.3, 0.4) is 0 Å². The molecule has 2 N–H and O–H groups in total. The molecule has 4 nitrogen and oxygen atoms in total. The van der Waals surface area contributed by atoms with Gasteiger partial charge in [0.1, 0.15) is 37.3 Å². The first-order chi connectivity index (χ1) is 11.6. The van der Waals surface area contributed by atoms with Crippen LogP contribution in [0, 0.1) is 0 Å². The second kappa shape index (κ2) is 9.67. The summed E-state index contributed by atoms with van der Waals surface area (Å²) in [5.74, 6) is 1.65. The Kier molecular flexibility index (Phi) is 7.56. The molecule has 0 fully saturated rings. The fraction of sp³-hybridized carbons (Fsp3) is 0.368. The SMILES string of the molecule is CCOc1ccc(C[NH+](C)C[C@H](O)COc2cccc(Br)c2)cc1. The summed E-state index contributed by atoms with van der Waals surface area (Å²) in [6.45, 7) is 4.41. The summed E-state index contributed by atoms with van der Waals surface area (Å²) in [4.78, 5) is 1.23. The third kappa shape index (κ3) is 6.51. The lowest BCUT2D eigenvalue weighted by molar-refractivity contribution is -0.897. The maximum Gasteiger partial charge on any atom is 0.137 e. The second-order valence-electron chi connectivity index (χ2n) is 5.84. The molecule has 2 aromatic carbocycles. The van der Waals surface area contributed by atoms with E-state index in [0.29, 0.717) is 13.2 Å². The van der Waals surface area contributed by atoms with Gasteiger partial charge in [-0.25, -0.2) is 0 Å². The van der Waals surface area contributed by atoms with Crippen molar-refractivity contribution in [3.8, 4) is 11.5 Å². The number of aliphatic hydroxyl groups is 1. The molecule has 0 aromatic heterocycles. The highest BCUT2D eigenvalue weighted by Gasteiger charge is 2.13. The van der Waals surface area contributed by atoms with Crippen molar-refractivity contribution in [1.29, 1.82) is 0 Å². The second-order valence-corrected chi connectivity index (χ2v) is 6.75. The third-order valence-electron chi connectivity index (χ3n) is 3.56. The zero-order valence-corrected chi connectivity index (χ0v) is 15.8. The summed E-state index contributed by atoms with van der Waals surface area (Å²) in [5.41, 5.74) is 1.22. The normalized spacial score (nSPS) is 13.3. The highest BCUT2D eigenvalue weighted by molar-refractivity contribution is 9.10. The molecule has 0 radical (unpaired) electrons. The van der Waals surface area contributed by atoms with Crippen LogP contribution in [-0.2, 0) is 6.54 Å². The molecule has 0 amide bonds. The summed E-state index contributed by atoms with van der Waals surface area (Å²) in [6, 6.07) is 15.7. The molecule has 0 heterocycles. The van der Waals surface area contributed by atoms with E-state index in [-0.39, 0.29) is 6.61 Å². The van der Waals surface area contributed by atoms with Gasteiger partial charge in [-0.3, -0.25) is 0 Å².